The molecule has 1 aliphatic carbocycles. The summed E-state index contributed by atoms with van der Waals surface area (Å²) in [4.78, 5) is 2.82. The number of hydrogen-bond donors (Lipinski definition) is 1. The van der Waals surface area contributed by atoms with Crippen LogP contribution in [0.1, 0.15) is 65.7 Å². The highest BCUT2D eigenvalue weighted by atomic mass is 15.2. The Hall–Kier alpha value is -0.0800. The molecule has 0 bridgehead atoms. The topological polar surface area (TPSA) is 15.3 Å². The smallest absolute Gasteiger partial charge is 0.0220 e. The zero-order valence-corrected chi connectivity index (χ0v) is 13.3. The van der Waals surface area contributed by atoms with Crippen LogP contribution in [0.15, 0.2) is 0 Å². The van der Waals surface area contributed by atoms with E-state index in [1.807, 2.05) is 0 Å². The molecule has 0 aromatic carbocycles. The van der Waals surface area contributed by atoms with Crippen LogP contribution < -0.4 is 5.32 Å². The molecule has 0 amide bonds. The molecule has 112 valence electrons. The third-order valence-electron chi connectivity index (χ3n) is 5.70. The zero-order valence-electron chi connectivity index (χ0n) is 13.3. The first-order chi connectivity index (χ1) is 9.24. The van der Waals surface area contributed by atoms with Crippen molar-refractivity contribution in [1.29, 1.82) is 0 Å². The maximum absolute atomic E-state index is 3.78. The molecule has 2 atom stereocenters. The van der Waals surface area contributed by atoms with Gasteiger partial charge in [-0.3, -0.25) is 4.90 Å². The number of nitrogens with zero attached hydrogens (tertiary/aromatic N) is 1. The molecule has 1 N–H and O–H groups in total. The molecule has 2 rings (SSSR count). The third-order valence-corrected chi connectivity index (χ3v) is 5.70. The van der Waals surface area contributed by atoms with Crippen LogP contribution in [0.2, 0.25) is 0 Å². The van der Waals surface area contributed by atoms with E-state index < -0.39 is 0 Å². The lowest BCUT2D eigenvalue weighted by atomic mass is 9.83. The van der Waals surface area contributed by atoms with Gasteiger partial charge in [0.1, 0.15) is 0 Å². The average molecular weight is 266 g/mol. The minimum absolute atomic E-state index is 0.719. The predicted octanol–water partition coefficient (Wildman–Crippen LogP) is 3.67. The van der Waals surface area contributed by atoms with Gasteiger partial charge in [0, 0.05) is 18.6 Å². The summed E-state index contributed by atoms with van der Waals surface area (Å²) in [6, 6.07) is 1.60. The van der Waals surface area contributed by atoms with Gasteiger partial charge in [-0.15, -0.1) is 0 Å². The fraction of sp³-hybridized carbons (Fsp3) is 1.00. The molecule has 19 heavy (non-hydrogen) atoms. The average Bonchev–Trinajstić information content (AvgIpc) is 2.72. The molecular weight excluding hydrogens is 232 g/mol. The Morgan fingerprint density at radius 1 is 1.16 bits per heavy atom. The number of hydrogen-bond acceptors (Lipinski definition) is 2. The van der Waals surface area contributed by atoms with Crippen molar-refractivity contribution in [1.82, 2.24) is 10.2 Å². The Labute approximate surface area is 120 Å². The molecule has 1 saturated heterocycles. The second-order valence-electron chi connectivity index (χ2n) is 6.88. The molecule has 1 aliphatic heterocycles. The van der Waals surface area contributed by atoms with Crippen molar-refractivity contribution in [3.8, 4) is 0 Å². The van der Waals surface area contributed by atoms with E-state index in [0.717, 1.165) is 23.9 Å². The highest BCUT2D eigenvalue weighted by Crippen LogP contribution is 2.30. The van der Waals surface area contributed by atoms with Crippen LogP contribution in [0.4, 0.5) is 0 Å². The largest absolute Gasteiger partial charge is 0.312 e. The molecule has 1 heterocycles. The summed E-state index contributed by atoms with van der Waals surface area (Å²) < 4.78 is 0. The monoisotopic (exact) mass is 266 g/mol. The van der Waals surface area contributed by atoms with E-state index in [4.69, 9.17) is 0 Å². The van der Waals surface area contributed by atoms with E-state index in [1.54, 1.807) is 0 Å². The van der Waals surface area contributed by atoms with Gasteiger partial charge in [0.15, 0.2) is 0 Å². The zero-order chi connectivity index (χ0) is 13.7. The van der Waals surface area contributed by atoms with Crippen LogP contribution in [0.25, 0.3) is 0 Å². The summed E-state index contributed by atoms with van der Waals surface area (Å²) >= 11 is 0. The Morgan fingerprint density at radius 2 is 1.89 bits per heavy atom. The SMILES string of the molecule is CCC1CCC(N2CCCNC(C(C)CC)C2)CC1. The molecule has 0 aromatic rings. The summed E-state index contributed by atoms with van der Waals surface area (Å²) in [6.07, 6.45) is 9.87. The Kier molecular flexibility index (Phi) is 6.15. The van der Waals surface area contributed by atoms with Crippen molar-refractivity contribution < 1.29 is 0 Å². The molecule has 2 fully saturated rings. The van der Waals surface area contributed by atoms with E-state index in [-0.39, 0.29) is 0 Å². The Balaban J connectivity index is 1.88. The predicted molar refractivity (Wildman–Crippen MR) is 83.5 cm³/mol. The molecule has 2 aliphatic rings. The van der Waals surface area contributed by atoms with Gasteiger partial charge >= 0.3 is 0 Å². The third kappa shape index (κ3) is 4.19. The van der Waals surface area contributed by atoms with Gasteiger partial charge in [0.2, 0.25) is 0 Å². The van der Waals surface area contributed by atoms with Gasteiger partial charge in [-0.25, -0.2) is 0 Å². The van der Waals surface area contributed by atoms with Crippen molar-refractivity contribution in [3.63, 3.8) is 0 Å². The van der Waals surface area contributed by atoms with Gasteiger partial charge < -0.3 is 5.32 Å². The summed E-state index contributed by atoms with van der Waals surface area (Å²) in [5, 5.41) is 3.78. The van der Waals surface area contributed by atoms with Gasteiger partial charge in [-0.05, 0) is 57.0 Å². The summed E-state index contributed by atoms with van der Waals surface area (Å²) in [7, 11) is 0. The number of rotatable bonds is 4. The molecule has 2 nitrogen and oxygen atoms in total. The lowest BCUT2D eigenvalue weighted by Crippen LogP contribution is -2.46. The van der Waals surface area contributed by atoms with Crippen molar-refractivity contribution in [3.05, 3.63) is 0 Å². The molecule has 0 aromatic heterocycles. The van der Waals surface area contributed by atoms with Gasteiger partial charge in [-0.2, -0.15) is 0 Å². The van der Waals surface area contributed by atoms with Crippen molar-refractivity contribution >= 4 is 0 Å². The fourth-order valence-corrected chi connectivity index (χ4v) is 3.89. The molecule has 2 unspecified atom stereocenters. The first-order valence-electron chi connectivity index (χ1n) is 8.72. The van der Waals surface area contributed by atoms with E-state index >= 15 is 0 Å². The Bertz CT molecular complexity index is 246. The van der Waals surface area contributed by atoms with E-state index in [9.17, 15) is 0 Å². The van der Waals surface area contributed by atoms with Crippen molar-refractivity contribution in [2.75, 3.05) is 19.6 Å². The minimum Gasteiger partial charge on any atom is -0.312 e. The van der Waals surface area contributed by atoms with E-state index in [1.165, 1.54) is 64.6 Å². The van der Waals surface area contributed by atoms with E-state index in [2.05, 4.69) is 31.0 Å². The van der Waals surface area contributed by atoms with Crippen LogP contribution >= 0.6 is 0 Å². The van der Waals surface area contributed by atoms with Gasteiger partial charge in [0.25, 0.3) is 0 Å². The van der Waals surface area contributed by atoms with Crippen LogP contribution in [-0.2, 0) is 0 Å². The normalized spacial score (nSPS) is 35.8. The second-order valence-corrected chi connectivity index (χ2v) is 6.88. The summed E-state index contributed by atoms with van der Waals surface area (Å²) in [5.74, 6) is 1.83. The second kappa shape index (κ2) is 7.64. The van der Waals surface area contributed by atoms with Crippen molar-refractivity contribution in [2.45, 2.75) is 77.8 Å². The highest BCUT2D eigenvalue weighted by molar-refractivity contribution is 4.86. The molecule has 0 radical (unpaired) electrons. The van der Waals surface area contributed by atoms with Gasteiger partial charge in [-0.1, -0.05) is 33.6 Å². The lowest BCUT2D eigenvalue weighted by Gasteiger charge is -2.38. The molecule has 0 spiro atoms. The van der Waals surface area contributed by atoms with Crippen LogP contribution in [0.5, 0.6) is 0 Å². The first kappa shape index (κ1) is 15.3. The summed E-state index contributed by atoms with van der Waals surface area (Å²) in [6.45, 7) is 10.9. The minimum atomic E-state index is 0.719. The van der Waals surface area contributed by atoms with Crippen LogP contribution in [0, 0.1) is 11.8 Å². The highest BCUT2D eigenvalue weighted by Gasteiger charge is 2.29. The Morgan fingerprint density at radius 3 is 2.53 bits per heavy atom. The fourth-order valence-electron chi connectivity index (χ4n) is 3.89. The quantitative estimate of drug-likeness (QED) is 0.835. The van der Waals surface area contributed by atoms with Crippen LogP contribution in [0.3, 0.4) is 0 Å². The van der Waals surface area contributed by atoms with Crippen molar-refractivity contribution in [2.24, 2.45) is 11.8 Å². The maximum Gasteiger partial charge on any atom is 0.0220 e. The van der Waals surface area contributed by atoms with Crippen LogP contribution in [-0.4, -0.2) is 36.6 Å². The van der Waals surface area contributed by atoms with Gasteiger partial charge in [0.05, 0.1) is 0 Å². The summed E-state index contributed by atoms with van der Waals surface area (Å²) in [5.41, 5.74) is 0. The molecule has 1 saturated carbocycles. The first-order valence-corrected chi connectivity index (χ1v) is 8.72. The maximum atomic E-state index is 3.78. The standard InChI is InChI=1S/C17H34N2/c1-4-14(3)17-13-19(12-6-11-18-17)16-9-7-15(5-2)8-10-16/h14-18H,4-13H2,1-3H3. The molecular formula is C17H34N2. The lowest BCUT2D eigenvalue weighted by molar-refractivity contribution is 0.125. The number of nitrogens with one attached hydrogen (secondary N) is 1. The molecule has 2 heteroatoms. The van der Waals surface area contributed by atoms with E-state index in [0.29, 0.717) is 0 Å².